The molecule has 0 spiro atoms. The van der Waals surface area contributed by atoms with Crippen molar-refractivity contribution in [2.75, 3.05) is 50.4 Å². The van der Waals surface area contributed by atoms with Crippen LogP contribution in [0.5, 0.6) is 0 Å². The van der Waals surface area contributed by atoms with Gasteiger partial charge in [-0.3, -0.25) is 4.79 Å². The first kappa shape index (κ1) is 13.2. The third-order valence-corrected chi connectivity index (χ3v) is 4.52. The number of nitrogen functional groups attached to an aromatic ring is 1. The Balaban J connectivity index is 2.08. The minimum atomic E-state index is -0.101. The highest BCUT2D eigenvalue weighted by atomic mass is 32.1. The molecule has 0 saturated carbocycles. The summed E-state index contributed by atoms with van der Waals surface area (Å²) in [5.41, 5.74) is 6.47. The molecule has 6 heteroatoms. The third-order valence-electron chi connectivity index (χ3n) is 3.31. The molecule has 0 aliphatic carbocycles. The summed E-state index contributed by atoms with van der Waals surface area (Å²) in [6.07, 6.45) is 0. The standard InChI is InChI=1S/C12H20N4OS/c1-3-15-4-6-16(7-5-15)10-8-9(13)11(18-10)12(17)14-2/h8H,3-7,13H2,1-2H3,(H,14,17). The maximum atomic E-state index is 11.6. The van der Waals surface area contributed by atoms with Crippen molar-refractivity contribution < 1.29 is 4.79 Å². The van der Waals surface area contributed by atoms with Gasteiger partial charge in [-0.25, -0.2) is 0 Å². The Morgan fingerprint density at radius 3 is 2.67 bits per heavy atom. The fraction of sp³-hybridized carbons (Fsp3) is 0.583. The molecule has 18 heavy (non-hydrogen) atoms. The van der Waals surface area contributed by atoms with Gasteiger partial charge in [-0.05, 0) is 12.6 Å². The van der Waals surface area contributed by atoms with Gasteiger partial charge in [-0.1, -0.05) is 6.92 Å². The molecule has 1 aromatic heterocycles. The molecule has 0 atom stereocenters. The van der Waals surface area contributed by atoms with Gasteiger partial charge in [-0.2, -0.15) is 0 Å². The summed E-state index contributed by atoms with van der Waals surface area (Å²) >= 11 is 1.48. The summed E-state index contributed by atoms with van der Waals surface area (Å²) in [6, 6.07) is 1.91. The molecular weight excluding hydrogens is 248 g/mol. The van der Waals surface area contributed by atoms with Crippen LogP contribution in [-0.2, 0) is 0 Å². The van der Waals surface area contributed by atoms with E-state index in [0.717, 1.165) is 37.7 Å². The quantitative estimate of drug-likeness (QED) is 0.852. The van der Waals surface area contributed by atoms with Gasteiger partial charge in [0.05, 0.1) is 10.7 Å². The molecule has 2 rings (SSSR count). The Hall–Kier alpha value is -1.27. The van der Waals surface area contributed by atoms with Crippen LogP contribution < -0.4 is 16.0 Å². The van der Waals surface area contributed by atoms with Crippen molar-refractivity contribution >= 4 is 27.9 Å². The van der Waals surface area contributed by atoms with Crippen molar-refractivity contribution in [1.82, 2.24) is 10.2 Å². The Kier molecular flexibility index (Phi) is 4.08. The SMILES string of the molecule is CCN1CCN(c2cc(N)c(C(=O)NC)s2)CC1. The van der Waals surface area contributed by atoms with Crippen LogP contribution in [0.15, 0.2) is 6.07 Å². The average Bonchev–Trinajstić information content (AvgIpc) is 2.80. The molecule has 0 radical (unpaired) electrons. The zero-order valence-corrected chi connectivity index (χ0v) is 11.7. The summed E-state index contributed by atoms with van der Waals surface area (Å²) in [5.74, 6) is -0.101. The molecule has 0 bridgehead atoms. The molecule has 5 nitrogen and oxygen atoms in total. The molecule has 100 valence electrons. The largest absolute Gasteiger partial charge is 0.397 e. The highest BCUT2D eigenvalue weighted by Crippen LogP contribution is 2.32. The molecule has 2 heterocycles. The highest BCUT2D eigenvalue weighted by molar-refractivity contribution is 7.18. The van der Waals surface area contributed by atoms with Gasteiger partial charge in [0.15, 0.2) is 0 Å². The van der Waals surface area contributed by atoms with E-state index in [1.807, 2.05) is 6.07 Å². The van der Waals surface area contributed by atoms with Crippen molar-refractivity contribution in [2.45, 2.75) is 6.92 Å². The molecule has 1 fully saturated rings. The second-order valence-corrected chi connectivity index (χ2v) is 5.40. The van der Waals surface area contributed by atoms with Crippen molar-refractivity contribution in [1.29, 1.82) is 0 Å². The number of nitrogens with zero attached hydrogens (tertiary/aromatic N) is 2. The molecular formula is C12H20N4OS. The topological polar surface area (TPSA) is 61.6 Å². The van der Waals surface area contributed by atoms with Crippen LogP contribution in [0.1, 0.15) is 16.6 Å². The number of carbonyl (C=O) groups excluding carboxylic acids is 1. The number of nitrogens with one attached hydrogen (secondary N) is 1. The number of hydrogen-bond acceptors (Lipinski definition) is 5. The molecule has 0 unspecified atom stereocenters. The third kappa shape index (κ3) is 2.59. The van der Waals surface area contributed by atoms with Gasteiger partial charge in [-0.15, -0.1) is 11.3 Å². The molecule has 1 amide bonds. The van der Waals surface area contributed by atoms with E-state index < -0.39 is 0 Å². The van der Waals surface area contributed by atoms with Crippen LogP contribution in [0.2, 0.25) is 0 Å². The summed E-state index contributed by atoms with van der Waals surface area (Å²) in [6.45, 7) is 7.43. The minimum Gasteiger partial charge on any atom is -0.397 e. The predicted molar refractivity (Wildman–Crippen MR) is 76.4 cm³/mol. The number of anilines is 2. The molecule has 1 aromatic rings. The van der Waals surface area contributed by atoms with Gasteiger partial charge in [0, 0.05) is 33.2 Å². The van der Waals surface area contributed by atoms with Crippen LogP contribution in [0, 0.1) is 0 Å². The average molecular weight is 268 g/mol. The van der Waals surface area contributed by atoms with Crippen LogP contribution in [0.4, 0.5) is 10.7 Å². The summed E-state index contributed by atoms with van der Waals surface area (Å²) in [4.78, 5) is 17.0. The molecule has 0 aromatic carbocycles. The van der Waals surface area contributed by atoms with Crippen molar-refractivity contribution in [3.63, 3.8) is 0 Å². The predicted octanol–water partition coefficient (Wildman–Crippen LogP) is 0.832. The lowest BCUT2D eigenvalue weighted by molar-refractivity contribution is 0.0968. The Labute approximate surface area is 112 Å². The van der Waals surface area contributed by atoms with E-state index in [9.17, 15) is 4.79 Å². The van der Waals surface area contributed by atoms with Crippen molar-refractivity contribution in [3.05, 3.63) is 10.9 Å². The maximum absolute atomic E-state index is 11.6. The normalized spacial score (nSPS) is 16.9. The fourth-order valence-corrected chi connectivity index (χ4v) is 3.20. The number of piperazine rings is 1. The zero-order chi connectivity index (χ0) is 13.1. The first-order chi connectivity index (χ1) is 8.65. The maximum Gasteiger partial charge on any atom is 0.263 e. The number of amides is 1. The molecule has 1 saturated heterocycles. The van der Waals surface area contributed by atoms with Gasteiger partial charge in [0.2, 0.25) is 0 Å². The fourth-order valence-electron chi connectivity index (χ4n) is 2.12. The molecule has 1 aliphatic heterocycles. The number of thiophene rings is 1. The lowest BCUT2D eigenvalue weighted by Gasteiger charge is -2.34. The van der Waals surface area contributed by atoms with Crippen LogP contribution in [-0.4, -0.2) is 50.6 Å². The number of likely N-dealkylation sites (N-methyl/N-ethyl adjacent to an activating group) is 1. The van der Waals surface area contributed by atoms with Gasteiger partial charge in [0.25, 0.3) is 5.91 Å². The van der Waals surface area contributed by atoms with E-state index >= 15 is 0 Å². The van der Waals surface area contributed by atoms with Crippen LogP contribution in [0.3, 0.4) is 0 Å². The van der Waals surface area contributed by atoms with Crippen LogP contribution in [0.25, 0.3) is 0 Å². The molecule has 1 aliphatic rings. The van der Waals surface area contributed by atoms with E-state index in [1.54, 1.807) is 7.05 Å². The van der Waals surface area contributed by atoms with Crippen molar-refractivity contribution in [2.24, 2.45) is 0 Å². The number of nitrogens with two attached hydrogens (primary N) is 1. The van der Waals surface area contributed by atoms with Gasteiger partial charge < -0.3 is 20.9 Å². The smallest absolute Gasteiger partial charge is 0.263 e. The van der Waals surface area contributed by atoms with E-state index in [-0.39, 0.29) is 5.91 Å². The second kappa shape index (κ2) is 5.58. The van der Waals surface area contributed by atoms with Gasteiger partial charge >= 0.3 is 0 Å². The lowest BCUT2D eigenvalue weighted by atomic mass is 10.3. The lowest BCUT2D eigenvalue weighted by Crippen LogP contribution is -2.45. The summed E-state index contributed by atoms with van der Waals surface area (Å²) in [5, 5.41) is 3.72. The highest BCUT2D eigenvalue weighted by Gasteiger charge is 2.20. The van der Waals surface area contributed by atoms with Crippen molar-refractivity contribution in [3.8, 4) is 0 Å². The monoisotopic (exact) mass is 268 g/mol. The number of hydrogen-bond donors (Lipinski definition) is 2. The summed E-state index contributed by atoms with van der Waals surface area (Å²) in [7, 11) is 1.63. The first-order valence-electron chi connectivity index (χ1n) is 6.24. The minimum absolute atomic E-state index is 0.101. The van der Waals surface area contributed by atoms with E-state index in [0.29, 0.717) is 10.6 Å². The summed E-state index contributed by atoms with van der Waals surface area (Å²) < 4.78 is 0. The number of rotatable bonds is 3. The van der Waals surface area contributed by atoms with Gasteiger partial charge in [0.1, 0.15) is 4.88 Å². The Morgan fingerprint density at radius 1 is 1.44 bits per heavy atom. The van der Waals surface area contributed by atoms with E-state index in [2.05, 4.69) is 22.0 Å². The van der Waals surface area contributed by atoms with E-state index in [1.165, 1.54) is 11.3 Å². The first-order valence-corrected chi connectivity index (χ1v) is 7.06. The molecule has 3 N–H and O–H groups in total. The zero-order valence-electron chi connectivity index (χ0n) is 10.9. The Morgan fingerprint density at radius 2 is 2.11 bits per heavy atom. The van der Waals surface area contributed by atoms with E-state index in [4.69, 9.17) is 5.73 Å². The number of carbonyl (C=O) groups is 1. The van der Waals surface area contributed by atoms with Crippen LogP contribution >= 0.6 is 11.3 Å². The second-order valence-electron chi connectivity index (χ2n) is 4.37. The Bertz CT molecular complexity index is 424.